The Morgan fingerprint density at radius 1 is 1.00 bits per heavy atom. The molecule has 2 rings (SSSR count). The van der Waals surface area contributed by atoms with Crippen molar-refractivity contribution in [3.63, 3.8) is 0 Å². The van der Waals surface area contributed by atoms with Gasteiger partial charge in [-0.25, -0.2) is 0 Å². The molecule has 0 aliphatic rings. The third-order valence-corrected chi connectivity index (χ3v) is 3.34. The van der Waals surface area contributed by atoms with Crippen LogP contribution in [0.15, 0.2) is 42.5 Å². The molecule has 2 aromatic rings. The molecule has 2 aromatic carbocycles. The second kappa shape index (κ2) is 6.90. The molecule has 0 unspecified atom stereocenters. The predicted molar refractivity (Wildman–Crippen MR) is 76.4 cm³/mol. The fourth-order valence-corrected chi connectivity index (χ4v) is 2.33. The standard InChI is InChI=1S/C16H19NO2/c17-19-16(18)12-3-1-2-7-13-9-6-10-14-8-4-5-11-15(13)14/h4-6,8-11H,1-3,7,12,17H2. The first-order valence-electron chi connectivity index (χ1n) is 6.67. The van der Waals surface area contributed by atoms with Gasteiger partial charge in [-0.3, -0.25) is 4.79 Å². The third-order valence-electron chi connectivity index (χ3n) is 3.34. The molecule has 0 spiro atoms. The lowest BCUT2D eigenvalue weighted by atomic mass is 9.99. The Labute approximate surface area is 113 Å². The first-order valence-corrected chi connectivity index (χ1v) is 6.67. The van der Waals surface area contributed by atoms with Crippen LogP contribution in [0.25, 0.3) is 10.8 Å². The van der Waals surface area contributed by atoms with Gasteiger partial charge in [-0.15, -0.1) is 0 Å². The molecule has 19 heavy (non-hydrogen) atoms. The van der Waals surface area contributed by atoms with Gasteiger partial charge in [-0.2, -0.15) is 5.90 Å². The largest absolute Gasteiger partial charge is 0.373 e. The van der Waals surface area contributed by atoms with Gasteiger partial charge in [0.25, 0.3) is 0 Å². The van der Waals surface area contributed by atoms with Crippen LogP contribution in [0.2, 0.25) is 0 Å². The molecule has 100 valence electrons. The number of rotatable bonds is 6. The minimum absolute atomic E-state index is 0.329. The number of hydrogen-bond acceptors (Lipinski definition) is 3. The Hall–Kier alpha value is -1.87. The van der Waals surface area contributed by atoms with Gasteiger partial charge in [0.15, 0.2) is 0 Å². The zero-order valence-electron chi connectivity index (χ0n) is 11.0. The number of unbranched alkanes of at least 4 members (excludes halogenated alkanes) is 2. The lowest BCUT2D eigenvalue weighted by molar-refractivity contribution is -0.144. The van der Waals surface area contributed by atoms with Crippen LogP contribution in [0.1, 0.15) is 31.2 Å². The molecule has 0 radical (unpaired) electrons. The Bertz CT molecular complexity index is 546. The van der Waals surface area contributed by atoms with E-state index in [2.05, 4.69) is 47.3 Å². The Morgan fingerprint density at radius 2 is 1.79 bits per heavy atom. The number of hydrogen-bond donors (Lipinski definition) is 1. The van der Waals surface area contributed by atoms with Crippen molar-refractivity contribution in [2.24, 2.45) is 5.90 Å². The van der Waals surface area contributed by atoms with Crippen molar-refractivity contribution < 1.29 is 9.63 Å². The molecular formula is C16H19NO2. The van der Waals surface area contributed by atoms with Crippen LogP contribution in [0.3, 0.4) is 0 Å². The van der Waals surface area contributed by atoms with Crippen LogP contribution in [0.4, 0.5) is 0 Å². The summed E-state index contributed by atoms with van der Waals surface area (Å²) in [5, 5.41) is 2.61. The topological polar surface area (TPSA) is 52.3 Å². The van der Waals surface area contributed by atoms with E-state index in [1.807, 2.05) is 0 Å². The summed E-state index contributed by atoms with van der Waals surface area (Å²) in [6, 6.07) is 14.8. The zero-order valence-corrected chi connectivity index (χ0v) is 11.0. The number of carbonyl (C=O) groups excluding carboxylic acids is 1. The second-order valence-electron chi connectivity index (χ2n) is 4.69. The molecule has 0 fully saturated rings. The summed E-state index contributed by atoms with van der Waals surface area (Å²) >= 11 is 0. The van der Waals surface area contributed by atoms with Crippen molar-refractivity contribution in [2.45, 2.75) is 32.1 Å². The van der Waals surface area contributed by atoms with Gasteiger partial charge in [-0.05, 0) is 35.6 Å². The van der Waals surface area contributed by atoms with E-state index in [9.17, 15) is 4.79 Å². The number of benzene rings is 2. The third kappa shape index (κ3) is 3.80. The van der Waals surface area contributed by atoms with Gasteiger partial charge in [0.1, 0.15) is 0 Å². The Balaban J connectivity index is 1.86. The van der Waals surface area contributed by atoms with E-state index in [1.165, 1.54) is 16.3 Å². The van der Waals surface area contributed by atoms with Crippen LogP contribution in [0, 0.1) is 0 Å². The molecule has 0 saturated heterocycles. The highest BCUT2D eigenvalue weighted by atomic mass is 16.7. The summed E-state index contributed by atoms with van der Waals surface area (Å²) in [4.78, 5) is 15.0. The average Bonchev–Trinajstić information content (AvgIpc) is 2.46. The quantitative estimate of drug-likeness (QED) is 0.637. The van der Waals surface area contributed by atoms with Crippen LogP contribution in [-0.4, -0.2) is 5.97 Å². The maximum atomic E-state index is 10.9. The van der Waals surface area contributed by atoms with Crippen molar-refractivity contribution >= 4 is 16.7 Å². The van der Waals surface area contributed by atoms with Gasteiger partial charge in [0.2, 0.25) is 0 Å². The lowest BCUT2D eigenvalue weighted by Crippen LogP contribution is -2.09. The van der Waals surface area contributed by atoms with Crippen molar-refractivity contribution in [3.05, 3.63) is 48.0 Å². The molecule has 3 nitrogen and oxygen atoms in total. The maximum absolute atomic E-state index is 10.9. The van der Waals surface area contributed by atoms with Crippen LogP contribution >= 0.6 is 0 Å². The predicted octanol–water partition coefficient (Wildman–Crippen LogP) is 3.36. The summed E-state index contributed by atoms with van der Waals surface area (Å²) in [6.45, 7) is 0. The SMILES string of the molecule is NOC(=O)CCCCCc1cccc2ccccc12. The molecule has 0 bridgehead atoms. The van der Waals surface area contributed by atoms with Crippen molar-refractivity contribution in [1.82, 2.24) is 0 Å². The van der Waals surface area contributed by atoms with Crippen molar-refractivity contribution in [2.75, 3.05) is 0 Å². The smallest absolute Gasteiger partial charge is 0.324 e. The first kappa shape index (κ1) is 13.6. The Morgan fingerprint density at radius 3 is 2.63 bits per heavy atom. The second-order valence-corrected chi connectivity index (χ2v) is 4.69. The molecule has 0 atom stereocenters. The summed E-state index contributed by atoms with van der Waals surface area (Å²) < 4.78 is 0. The van der Waals surface area contributed by atoms with Crippen LogP contribution in [0.5, 0.6) is 0 Å². The number of nitrogens with two attached hydrogens (primary N) is 1. The molecule has 0 aliphatic carbocycles. The van der Waals surface area contributed by atoms with E-state index in [-0.39, 0.29) is 5.97 Å². The summed E-state index contributed by atoms with van der Waals surface area (Å²) in [7, 11) is 0. The van der Waals surface area contributed by atoms with E-state index >= 15 is 0 Å². The van der Waals surface area contributed by atoms with Crippen molar-refractivity contribution in [3.8, 4) is 0 Å². The van der Waals surface area contributed by atoms with E-state index in [0.717, 1.165) is 25.7 Å². The zero-order chi connectivity index (χ0) is 13.5. The van der Waals surface area contributed by atoms with Crippen molar-refractivity contribution in [1.29, 1.82) is 0 Å². The first-order chi connectivity index (χ1) is 9.31. The van der Waals surface area contributed by atoms with Gasteiger partial charge in [-0.1, -0.05) is 48.9 Å². The molecule has 0 aromatic heterocycles. The highest BCUT2D eigenvalue weighted by molar-refractivity contribution is 5.85. The molecule has 0 heterocycles. The fraction of sp³-hybridized carbons (Fsp3) is 0.312. The number of fused-ring (bicyclic) bond motifs is 1. The number of carbonyl (C=O) groups is 1. The molecule has 0 amide bonds. The summed E-state index contributed by atoms with van der Waals surface area (Å²) in [5.41, 5.74) is 1.37. The van der Waals surface area contributed by atoms with E-state index in [0.29, 0.717) is 6.42 Å². The van der Waals surface area contributed by atoms with E-state index in [4.69, 9.17) is 5.90 Å². The van der Waals surface area contributed by atoms with Gasteiger partial charge in [0, 0.05) is 6.42 Å². The highest BCUT2D eigenvalue weighted by Crippen LogP contribution is 2.20. The maximum Gasteiger partial charge on any atom is 0.324 e. The summed E-state index contributed by atoms with van der Waals surface area (Å²) in [6.07, 6.45) is 4.37. The number of aryl methyl sites for hydroxylation is 1. The monoisotopic (exact) mass is 257 g/mol. The highest BCUT2D eigenvalue weighted by Gasteiger charge is 2.02. The summed E-state index contributed by atoms with van der Waals surface area (Å²) in [5.74, 6) is 4.46. The Kier molecular flexibility index (Phi) is 4.93. The van der Waals surface area contributed by atoms with Crippen LogP contribution < -0.4 is 5.90 Å². The molecule has 2 N–H and O–H groups in total. The van der Waals surface area contributed by atoms with E-state index < -0.39 is 0 Å². The lowest BCUT2D eigenvalue weighted by Gasteiger charge is -2.06. The van der Waals surface area contributed by atoms with E-state index in [1.54, 1.807) is 0 Å². The average molecular weight is 257 g/mol. The normalized spacial score (nSPS) is 10.6. The molecule has 3 heteroatoms. The van der Waals surface area contributed by atoms with Gasteiger partial charge in [0.05, 0.1) is 0 Å². The minimum Gasteiger partial charge on any atom is -0.373 e. The fourth-order valence-electron chi connectivity index (χ4n) is 2.33. The van der Waals surface area contributed by atoms with Crippen LogP contribution in [-0.2, 0) is 16.1 Å². The molecular weight excluding hydrogens is 238 g/mol. The van der Waals surface area contributed by atoms with Gasteiger partial charge >= 0.3 is 5.97 Å². The molecule has 0 saturated carbocycles. The van der Waals surface area contributed by atoms with Gasteiger partial charge < -0.3 is 4.84 Å². The minimum atomic E-state index is -0.329. The molecule has 0 aliphatic heterocycles.